The van der Waals surface area contributed by atoms with Crippen LogP contribution in [0.5, 0.6) is 5.75 Å². The molecule has 0 fully saturated rings. The molecular weight excluding hydrogens is 292 g/mol. The zero-order chi connectivity index (χ0) is 16.6. The third-order valence-electron chi connectivity index (χ3n) is 3.55. The van der Waals surface area contributed by atoms with E-state index in [4.69, 9.17) is 15.1 Å². The Kier molecular flexibility index (Phi) is 3.38. The van der Waals surface area contributed by atoms with Gasteiger partial charge in [-0.25, -0.2) is 4.79 Å². The van der Waals surface area contributed by atoms with Crippen LogP contribution >= 0.6 is 0 Å². The van der Waals surface area contributed by atoms with E-state index in [9.17, 15) is 4.79 Å². The summed E-state index contributed by atoms with van der Waals surface area (Å²) in [6, 6.07) is 10.5. The molecule has 3 rings (SSSR count). The highest BCUT2D eigenvalue weighted by Gasteiger charge is 2.28. The van der Waals surface area contributed by atoms with E-state index < -0.39 is 11.6 Å². The number of rotatable bonds is 2. The minimum Gasteiger partial charge on any atom is -0.483 e. The molecule has 5 heteroatoms. The lowest BCUT2D eigenvalue weighted by Gasteiger charge is -2.31. The lowest BCUT2D eigenvalue weighted by molar-refractivity contribution is 0.0696. The van der Waals surface area contributed by atoms with Crippen LogP contribution in [0.2, 0.25) is 0 Å². The normalized spacial score (nSPS) is 14.9. The van der Waals surface area contributed by atoms with Crippen molar-refractivity contribution >= 4 is 11.5 Å². The number of aromatic carboxylic acids is 1. The van der Waals surface area contributed by atoms with Crippen molar-refractivity contribution in [3.8, 4) is 11.8 Å². The fraction of sp³-hybridized carbons (Fsp3) is 0.167. The topological polar surface area (TPSA) is 83.2 Å². The largest absolute Gasteiger partial charge is 0.483 e. The molecular formula is C18H14N2O3. The number of nitrogens with zero attached hydrogens (tertiary/aromatic N) is 2. The third-order valence-corrected chi connectivity index (χ3v) is 3.55. The van der Waals surface area contributed by atoms with Gasteiger partial charge >= 0.3 is 5.97 Å². The van der Waals surface area contributed by atoms with Crippen LogP contribution < -0.4 is 4.74 Å². The molecule has 1 aliphatic heterocycles. The fourth-order valence-electron chi connectivity index (χ4n) is 2.53. The van der Waals surface area contributed by atoms with Crippen LogP contribution in [0.3, 0.4) is 0 Å². The summed E-state index contributed by atoms with van der Waals surface area (Å²) >= 11 is 0. The summed E-state index contributed by atoms with van der Waals surface area (Å²) < 4.78 is 5.92. The van der Waals surface area contributed by atoms with Gasteiger partial charge in [0.05, 0.1) is 22.9 Å². The molecule has 0 radical (unpaired) electrons. The summed E-state index contributed by atoms with van der Waals surface area (Å²) in [5.41, 5.74) is 2.38. The molecule has 1 aromatic heterocycles. The molecule has 0 amide bonds. The van der Waals surface area contributed by atoms with Crippen molar-refractivity contribution in [2.45, 2.75) is 19.4 Å². The minimum absolute atomic E-state index is 0.131. The third kappa shape index (κ3) is 2.79. The van der Waals surface area contributed by atoms with Crippen molar-refractivity contribution in [1.82, 2.24) is 4.98 Å². The summed E-state index contributed by atoms with van der Waals surface area (Å²) in [6.45, 7) is 3.86. The lowest BCUT2D eigenvalue weighted by Crippen LogP contribution is -2.29. The van der Waals surface area contributed by atoms with Gasteiger partial charge in [0, 0.05) is 17.3 Å². The Morgan fingerprint density at radius 3 is 2.70 bits per heavy atom. The highest BCUT2D eigenvalue weighted by atomic mass is 16.5. The van der Waals surface area contributed by atoms with Crippen molar-refractivity contribution in [1.29, 1.82) is 5.26 Å². The van der Waals surface area contributed by atoms with Crippen molar-refractivity contribution in [3.63, 3.8) is 0 Å². The van der Waals surface area contributed by atoms with Crippen LogP contribution in [-0.4, -0.2) is 21.7 Å². The zero-order valence-corrected chi connectivity index (χ0v) is 12.7. The molecule has 23 heavy (non-hydrogen) atoms. The number of fused-ring (bicyclic) bond motifs is 1. The molecule has 1 aromatic carbocycles. The first-order valence-corrected chi connectivity index (χ1v) is 7.06. The van der Waals surface area contributed by atoms with Crippen molar-refractivity contribution in [2.24, 2.45) is 0 Å². The smallest absolute Gasteiger partial charge is 0.337 e. The van der Waals surface area contributed by atoms with E-state index in [0.717, 1.165) is 11.1 Å². The molecule has 0 bridgehead atoms. The molecule has 0 unspecified atom stereocenters. The first-order valence-electron chi connectivity index (χ1n) is 7.06. The Balaban J connectivity index is 2.15. The predicted molar refractivity (Wildman–Crippen MR) is 84.1 cm³/mol. The van der Waals surface area contributed by atoms with Crippen LogP contribution in [0.25, 0.3) is 5.57 Å². The Labute approximate surface area is 133 Å². The van der Waals surface area contributed by atoms with E-state index >= 15 is 0 Å². The van der Waals surface area contributed by atoms with E-state index in [-0.39, 0.29) is 5.56 Å². The van der Waals surface area contributed by atoms with E-state index in [0.29, 0.717) is 17.0 Å². The summed E-state index contributed by atoms with van der Waals surface area (Å²) in [4.78, 5) is 15.2. The summed E-state index contributed by atoms with van der Waals surface area (Å²) in [5, 5.41) is 18.1. The van der Waals surface area contributed by atoms with E-state index in [1.807, 2.05) is 19.9 Å². The number of carbonyl (C=O) groups is 1. The standard InChI is InChI=1S/C18H14N2O3/c1-18(2)8-14(15-5-4-12(10-20-15)17(21)22)13-7-11(9-19)3-6-16(13)23-18/h3-8,10H,1-2H3,(H,21,22). The number of benzene rings is 1. The average Bonchev–Trinajstić information content (AvgIpc) is 2.53. The van der Waals surface area contributed by atoms with Crippen LogP contribution in [0.15, 0.2) is 42.6 Å². The van der Waals surface area contributed by atoms with Gasteiger partial charge in [-0.3, -0.25) is 4.98 Å². The van der Waals surface area contributed by atoms with Gasteiger partial charge in [0.2, 0.25) is 0 Å². The molecule has 2 aromatic rings. The monoisotopic (exact) mass is 306 g/mol. The highest BCUT2D eigenvalue weighted by Crippen LogP contribution is 2.39. The lowest BCUT2D eigenvalue weighted by atomic mass is 9.91. The van der Waals surface area contributed by atoms with Gasteiger partial charge in [-0.15, -0.1) is 0 Å². The maximum Gasteiger partial charge on any atom is 0.337 e. The van der Waals surface area contributed by atoms with Gasteiger partial charge < -0.3 is 9.84 Å². The summed E-state index contributed by atoms with van der Waals surface area (Å²) in [6.07, 6.45) is 3.26. The van der Waals surface area contributed by atoms with Gasteiger partial charge in [0.1, 0.15) is 11.4 Å². The number of pyridine rings is 1. The van der Waals surface area contributed by atoms with E-state index in [1.165, 1.54) is 12.3 Å². The Morgan fingerprint density at radius 2 is 2.09 bits per heavy atom. The maximum absolute atomic E-state index is 11.0. The Bertz CT molecular complexity index is 859. The molecule has 114 valence electrons. The summed E-state index contributed by atoms with van der Waals surface area (Å²) in [7, 11) is 0. The molecule has 0 spiro atoms. The number of carboxylic acids is 1. The Morgan fingerprint density at radius 1 is 1.30 bits per heavy atom. The van der Waals surface area contributed by atoms with Gasteiger partial charge in [-0.2, -0.15) is 5.26 Å². The van der Waals surface area contributed by atoms with Gasteiger partial charge in [0.25, 0.3) is 0 Å². The average molecular weight is 306 g/mol. The summed E-state index contributed by atoms with van der Waals surface area (Å²) in [5.74, 6) is -0.340. The van der Waals surface area contributed by atoms with Crippen LogP contribution in [0, 0.1) is 11.3 Å². The molecule has 5 nitrogen and oxygen atoms in total. The minimum atomic E-state index is -1.02. The van der Waals surface area contributed by atoms with E-state index in [1.54, 1.807) is 24.3 Å². The van der Waals surface area contributed by atoms with Gasteiger partial charge in [0.15, 0.2) is 0 Å². The number of nitriles is 1. The van der Waals surface area contributed by atoms with Gasteiger partial charge in [-0.1, -0.05) is 0 Å². The van der Waals surface area contributed by atoms with Crippen LogP contribution in [0.4, 0.5) is 0 Å². The van der Waals surface area contributed by atoms with Crippen molar-refractivity contribution in [3.05, 3.63) is 65.0 Å². The number of hydrogen-bond acceptors (Lipinski definition) is 4. The second kappa shape index (κ2) is 5.25. The van der Waals surface area contributed by atoms with E-state index in [2.05, 4.69) is 11.1 Å². The van der Waals surface area contributed by atoms with Crippen LogP contribution in [0.1, 0.15) is 41.0 Å². The number of hydrogen-bond donors (Lipinski definition) is 1. The first-order chi connectivity index (χ1) is 10.9. The molecule has 2 heterocycles. The molecule has 0 aliphatic carbocycles. The Hall–Kier alpha value is -3.13. The van der Waals surface area contributed by atoms with Crippen molar-refractivity contribution < 1.29 is 14.6 Å². The highest BCUT2D eigenvalue weighted by molar-refractivity contribution is 5.88. The number of carboxylic acid groups (broad SMARTS) is 1. The molecule has 0 saturated heterocycles. The second-order valence-electron chi connectivity index (χ2n) is 5.82. The maximum atomic E-state index is 11.0. The first kappa shape index (κ1) is 14.8. The number of aromatic nitrogens is 1. The zero-order valence-electron chi connectivity index (χ0n) is 12.7. The molecule has 0 atom stereocenters. The number of ether oxygens (including phenoxy) is 1. The predicted octanol–water partition coefficient (Wildman–Crippen LogP) is 3.25. The molecule has 0 saturated carbocycles. The van der Waals surface area contributed by atoms with Crippen molar-refractivity contribution in [2.75, 3.05) is 0 Å². The molecule has 1 aliphatic rings. The SMILES string of the molecule is CC1(C)C=C(c2ccc(C(=O)O)cn2)c2cc(C#N)ccc2O1. The quantitative estimate of drug-likeness (QED) is 0.920. The molecule has 1 N–H and O–H groups in total. The van der Waals surface area contributed by atoms with Crippen LogP contribution in [-0.2, 0) is 0 Å². The van der Waals surface area contributed by atoms with Gasteiger partial charge in [-0.05, 0) is 50.3 Å². The fourth-order valence-corrected chi connectivity index (χ4v) is 2.53. The second-order valence-corrected chi connectivity index (χ2v) is 5.82.